The molecule has 0 aliphatic rings. The topological polar surface area (TPSA) is 98.5 Å². The number of anilines is 1. The number of nitrogens with one attached hydrogen (secondary N) is 1. The summed E-state index contributed by atoms with van der Waals surface area (Å²) in [5, 5.41) is 13.1. The predicted molar refractivity (Wildman–Crippen MR) is 95.5 cm³/mol. The first-order valence-corrected chi connectivity index (χ1v) is 8.51. The van der Waals surface area contributed by atoms with Gasteiger partial charge >= 0.3 is 5.97 Å². The maximum atomic E-state index is 12.0. The molecule has 0 atom stereocenters. The van der Waals surface area contributed by atoms with E-state index in [4.69, 9.17) is 16.3 Å². The third-order valence-electron chi connectivity index (χ3n) is 3.31. The molecule has 132 valence electrons. The molecule has 0 fully saturated rings. The Morgan fingerprint density at radius 2 is 2.08 bits per heavy atom. The fourth-order valence-electron chi connectivity index (χ4n) is 2.08. The van der Waals surface area contributed by atoms with Gasteiger partial charge in [-0.3, -0.25) is 14.9 Å². The molecule has 1 N–H and O–H groups in total. The summed E-state index contributed by atoms with van der Waals surface area (Å²) in [4.78, 5) is 35.4. The van der Waals surface area contributed by atoms with E-state index >= 15 is 0 Å². The Bertz CT molecular complexity index is 834. The number of aryl methyl sites for hydroxylation is 2. The van der Waals surface area contributed by atoms with Crippen molar-refractivity contribution in [3.8, 4) is 0 Å². The Balaban J connectivity index is 1.94. The minimum absolute atomic E-state index is 0.0235. The lowest BCUT2D eigenvalue weighted by Crippen LogP contribution is -2.20. The van der Waals surface area contributed by atoms with Crippen LogP contribution in [0.5, 0.6) is 0 Å². The van der Waals surface area contributed by atoms with Crippen LogP contribution in [-0.2, 0) is 16.0 Å². The van der Waals surface area contributed by atoms with E-state index in [9.17, 15) is 19.7 Å². The summed E-state index contributed by atoms with van der Waals surface area (Å²) in [6.07, 6.45) is 0.822. The molecular weight excluding hydrogens is 368 g/mol. The number of nitro groups is 1. The van der Waals surface area contributed by atoms with Gasteiger partial charge in [0.1, 0.15) is 4.88 Å². The first kappa shape index (κ1) is 18.9. The molecule has 1 aromatic carbocycles. The SMILES string of the molecule is CCc1sc(C(=O)OCC(=O)Nc2ccc([N+](=O)[O-])cc2Cl)cc1C. The molecule has 2 aromatic rings. The molecular formula is C16H15ClN2O5S. The van der Waals surface area contributed by atoms with Gasteiger partial charge in [0.2, 0.25) is 0 Å². The van der Waals surface area contributed by atoms with Crippen LogP contribution in [0.1, 0.15) is 27.0 Å². The second-order valence-electron chi connectivity index (χ2n) is 5.12. The van der Waals surface area contributed by atoms with Crippen LogP contribution >= 0.6 is 22.9 Å². The highest BCUT2D eigenvalue weighted by Crippen LogP contribution is 2.26. The molecule has 0 unspecified atom stereocenters. The summed E-state index contributed by atoms with van der Waals surface area (Å²) in [6.45, 7) is 3.43. The zero-order valence-electron chi connectivity index (χ0n) is 13.5. The molecule has 0 aliphatic carbocycles. The molecule has 0 saturated carbocycles. The summed E-state index contributed by atoms with van der Waals surface area (Å²) in [7, 11) is 0. The van der Waals surface area contributed by atoms with Crippen LogP contribution in [-0.4, -0.2) is 23.4 Å². The Morgan fingerprint density at radius 3 is 2.64 bits per heavy atom. The van der Waals surface area contributed by atoms with Gasteiger partial charge in [-0.05, 0) is 31.0 Å². The molecule has 9 heteroatoms. The number of rotatable bonds is 6. The average Bonchev–Trinajstić information content (AvgIpc) is 2.95. The van der Waals surface area contributed by atoms with Gasteiger partial charge in [0.25, 0.3) is 11.6 Å². The molecule has 1 aromatic heterocycles. The summed E-state index contributed by atoms with van der Waals surface area (Å²) < 4.78 is 4.98. The van der Waals surface area contributed by atoms with E-state index in [1.807, 2.05) is 13.8 Å². The quantitative estimate of drug-likeness (QED) is 0.463. The van der Waals surface area contributed by atoms with Gasteiger partial charge in [-0.1, -0.05) is 18.5 Å². The van der Waals surface area contributed by atoms with Crippen LogP contribution in [0.15, 0.2) is 24.3 Å². The van der Waals surface area contributed by atoms with Crippen molar-refractivity contribution in [3.63, 3.8) is 0 Å². The number of halogens is 1. The molecule has 0 bridgehead atoms. The lowest BCUT2D eigenvalue weighted by atomic mass is 10.2. The molecule has 2 rings (SSSR count). The fourth-order valence-corrected chi connectivity index (χ4v) is 3.31. The number of non-ortho nitro benzene ring substituents is 1. The zero-order chi connectivity index (χ0) is 18.6. The minimum Gasteiger partial charge on any atom is -0.451 e. The zero-order valence-corrected chi connectivity index (χ0v) is 15.1. The van der Waals surface area contributed by atoms with E-state index in [0.29, 0.717) is 4.88 Å². The van der Waals surface area contributed by atoms with Crippen molar-refractivity contribution < 1.29 is 19.2 Å². The van der Waals surface area contributed by atoms with Crippen molar-refractivity contribution in [1.29, 1.82) is 0 Å². The highest BCUT2D eigenvalue weighted by molar-refractivity contribution is 7.14. The minimum atomic E-state index is -0.590. The van der Waals surface area contributed by atoms with Crippen LogP contribution in [0.4, 0.5) is 11.4 Å². The number of carbonyl (C=O) groups is 2. The predicted octanol–water partition coefficient (Wildman–Crippen LogP) is 3.98. The lowest BCUT2D eigenvalue weighted by Gasteiger charge is -2.07. The number of ether oxygens (including phenoxy) is 1. The van der Waals surface area contributed by atoms with Gasteiger partial charge in [-0.15, -0.1) is 11.3 Å². The second kappa shape index (κ2) is 8.09. The van der Waals surface area contributed by atoms with Crippen molar-refractivity contribution in [2.45, 2.75) is 20.3 Å². The largest absolute Gasteiger partial charge is 0.451 e. The van der Waals surface area contributed by atoms with Crippen LogP contribution < -0.4 is 5.32 Å². The van der Waals surface area contributed by atoms with E-state index in [2.05, 4.69) is 5.32 Å². The smallest absolute Gasteiger partial charge is 0.348 e. The monoisotopic (exact) mass is 382 g/mol. The van der Waals surface area contributed by atoms with Crippen molar-refractivity contribution in [1.82, 2.24) is 0 Å². The molecule has 0 aliphatic heterocycles. The number of nitrogens with zero attached hydrogens (tertiary/aromatic N) is 1. The van der Waals surface area contributed by atoms with E-state index in [1.165, 1.54) is 23.5 Å². The van der Waals surface area contributed by atoms with Gasteiger partial charge in [0.15, 0.2) is 6.61 Å². The van der Waals surface area contributed by atoms with Crippen LogP contribution in [0.2, 0.25) is 5.02 Å². The molecule has 0 radical (unpaired) electrons. The maximum Gasteiger partial charge on any atom is 0.348 e. The summed E-state index contributed by atoms with van der Waals surface area (Å²) in [6, 6.07) is 5.39. The van der Waals surface area contributed by atoms with Gasteiger partial charge in [-0.25, -0.2) is 4.79 Å². The fraction of sp³-hybridized carbons (Fsp3) is 0.250. The summed E-state index contributed by atoms with van der Waals surface area (Å²) >= 11 is 7.23. The third kappa shape index (κ3) is 4.77. The molecule has 7 nitrogen and oxygen atoms in total. The number of hydrogen-bond acceptors (Lipinski definition) is 6. The van der Waals surface area contributed by atoms with E-state index in [0.717, 1.165) is 22.9 Å². The highest BCUT2D eigenvalue weighted by Gasteiger charge is 2.16. The molecule has 25 heavy (non-hydrogen) atoms. The van der Waals surface area contributed by atoms with Crippen molar-refractivity contribution in [2.24, 2.45) is 0 Å². The van der Waals surface area contributed by atoms with Crippen molar-refractivity contribution >= 4 is 46.2 Å². The Morgan fingerprint density at radius 1 is 1.36 bits per heavy atom. The van der Waals surface area contributed by atoms with E-state index in [-0.39, 0.29) is 16.4 Å². The van der Waals surface area contributed by atoms with Crippen LogP contribution in [0.25, 0.3) is 0 Å². The Labute approximate surface area is 152 Å². The van der Waals surface area contributed by atoms with Crippen LogP contribution in [0.3, 0.4) is 0 Å². The van der Waals surface area contributed by atoms with E-state index in [1.54, 1.807) is 6.07 Å². The highest BCUT2D eigenvalue weighted by atomic mass is 35.5. The standard InChI is InChI=1S/C16H15ClN2O5S/c1-3-13-9(2)6-14(25-13)16(21)24-8-15(20)18-12-5-4-10(19(22)23)7-11(12)17/h4-7H,3,8H2,1-2H3,(H,18,20). The Hall–Kier alpha value is -2.45. The molecule has 0 spiro atoms. The number of esters is 1. The number of amides is 1. The number of nitro benzene ring substituents is 1. The number of benzene rings is 1. The van der Waals surface area contributed by atoms with Crippen LogP contribution in [0, 0.1) is 17.0 Å². The first-order chi connectivity index (χ1) is 11.8. The van der Waals surface area contributed by atoms with Crippen molar-refractivity contribution in [3.05, 3.63) is 54.7 Å². The van der Waals surface area contributed by atoms with Gasteiger partial charge in [-0.2, -0.15) is 0 Å². The molecule has 1 heterocycles. The van der Waals surface area contributed by atoms with Crippen molar-refractivity contribution in [2.75, 3.05) is 11.9 Å². The Kier molecular flexibility index (Phi) is 6.11. The molecule has 0 saturated heterocycles. The number of thiophene rings is 1. The summed E-state index contributed by atoms with van der Waals surface area (Å²) in [5.41, 5.74) is 1.03. The maximum absolute atomic E-state index is 12.0. The van der Waals surface area contributed by atoms with Gasteiger partial charge < -0.3 is 10.1 Å². The second-order valence-corrected chi connectivity index (χ2v) is 6.66. The lowest BCUT2D eigenvalue weighted by molar-refractivity contribution is -0.384. The summed E-state index contributed by atoms with van der Waals surface area (Å²) in [5.74, 6) is -1.16. The average molecular weight is 383 g/mol. The normalized spacial score (nSPS) is 10.4. The number of carbonyl (C=O) groups excluding carboxylic acids is 2. The third-order valence-corrected chi connectivity index (χ3v) is 4.99. The number of hydrogen-bond donors (Lipinski definition) is 1. The molecule has 1 amide bonds. The van der Waals surface area contributed by atoms with Gasteiger partial charge in [0.05, 0.1) is 15.6 Å². The van der Waals surface area contributed by atoms with E-state index < -0.39 is 23.4 Å². The van der Waals surface area contributed by atoms with Gasteiger partial charge in [0, 0.05) is 17.0 Å². The first-order valence-electron chi connectivity index (χ1n) is 7.32.